The average Bonchev–Trinajstić information content (AvgIpc) is 2.38. The third kappa shape index (κ3) is 3.74. The molecule has 0 spiro atoms. The zero-order valence-corrected chi connectivity index (χ0v) is 13.3. The second kappa shape index (κ2) is 5.84. The van der Waals surface area contributed by atoms with E-state index in [1.807, 2.05) is 12.1 Å². The molecule has 2 nitrogen and oxygen atoms in total. The van der Waals surface area contributed by atoms with Gasteiger partial charge in [-0.05, 0) is 18.2 Å². The molecule has 0 bridgehead atoms. The number of hydrogen-bond acceptors (Lipinski definition) is 2. The largest absolute Gasteiger partial charge is 0.487 e. The zero-order valence-electron chi connectivity index (χ0n) is 10.5. The molecule has 0 amide bonds. The van der Waals surface area contributed by atoms with Crippen LogP contribution in [0.25, 0.3) is 0 Å². The Bertz CT molecular complexity index is 602. The second-order valence-corrected chi connectivity index (χ2v) is 5.81. The number of alkyl halides is 3. The Morgan fingerprint density at radius 1 is 1.20 bits per heavy atom. The van der Waals surface area contributed by atoms with E-state index in [2.05, 4.69) is 4.98 Å². The highest BCUT2D eigenvalue weighted by atomic mass is 35.5. The van der Waals surface area contributed by atoms with Crippen molar-refractivity contribution in [2.75, 3.05) is 0 Å². The summed E-state index contributed by atoms with van der Waals surface area (Å²) in [7, 11) is 0.949. The fourth-order valence-corrected chi connectivity index (χ4v) is 2.07. The van der Waals surface area contributed by atoms with Gasteiger partial charge in [0.05, 0.1) is 16.3 Å². The van der Waals surface area contributed by atoms with Gasteiger partial charge in [0.15, 0.2) is 0 Å². The highest BCUT2D eigenvalue weighted by Crippen LogP contribution is 2.31. The smallest absolute Gasteiger partial charge is 0.417 e. The quantitative estimate of drug-likeness (QED) is 0.811. The van der Waals surface area contributed by atoms with Gasteiger partial charge in [0.2, 0.25) is 0 Å². The molecule has 0 aliphatic carbocycles. The molecule has 0 saturated heterocycles. The van der Waals surface area contributed by atoms with Gasteiger partial charge in [-0.3, -0.25) is 4.98 Å². The van der Waals surface area contributed by atoms with Crippen molar-refractivity contribution in [1.29, 1.82) is 0 Å². The Labute approximate surface area is 122 Å². The van der Waals surface area contributed by atoms with Crippen LogP contribution >= 0.6 is 11.6 Å². The van der Waals surface area contributed by atoms with Gasteiger partial charge in [-0.25, -0.2) is 0 Å². The summed E-state index contributed by atoms with van der Waals surface area (Å²) in [6.07, 6.45) is -3.69. The van der Waals surface area contributed by atoms with Gasteiger partial charge in [-0.2, -0.15) is 13.2 Å². The van der Waals surface area contributed by atoms with Gasteiger partial charge >= 0.3 is 6.18 Å². The second-order valence-electron chi connectivity index (χ2n) is 4.25. The molecule has 1 aromatic carbocycles. The molecule has 7 heteroatoms. The van der Waals surface area contributed by atoms with E-state index < -0.39 is 11.7 Å². The SMILES string of the molecule is FC(F)(F)c1cnc(COc2ccc([SiH3])cc2)c(Cl)c1. The molecule has 106 valence electrons. The van der Waals surface area contributed by atoms with E-state index in [9.17, 15) is 13.2 Å². The highest BCUT2D eigenvalue weighted by molar-refractivity contribution is 6.32. The molecule has 1 aromatic heterocycles. The van der Waals surface area contributed by atoms with Crippen molar-refractivity contribution in [3.63, 3.8) is 0 Å². The molecule has 0 aliphatic heterocycles. The Morgan fingerprint density at radius 3 is 2.40 bits per heavy atom. The summed E-state index contributed by atoms with van der Waals surface area (Å²) >= 11 is 5.79. The summed E-state index contributed by atoms with van der Waals surface area (Å²) in [5, 5.41) is 1.17. The van der Waals surface area contributed by atoms with E-state index in [0.717, 1.165) is 22.5 Å². The van der Waals surface area contributed by atoms with Crippen LogP contribution in [-0.4, -0.2) is 15.2 Å². The monoisotopic (exact) mass is 317 g/mol. The maximum absolute atomic E-state index is 12.5. The van der Waals surface area contributed by atoms with Gasteiger partial charge < -0.3 is 4.74 Å². The minimum absolute atomic E-state index is 0.0253. The van der Waals surface area contributed by atoms with Crippen molar-refractivity contribution in [2.45, 2.75) is 12.8 Å². The molecule has 0 atom stereocenters. The number of ether oxygens (including phenoxy) is 1. The summed E-state index contributed by atoms with van der Waals surface area (Å²) in [5.41, 5.74) is -0.596. The fourth-order valence-electron chi connectivity index (χ4n) is 1.51. The number of nitrogens with zero attached hydrogens (tertiary/aromatic N) is 1. The molecular weight excluding hydrogens is 307 g/mol. The van der Waals surface area contributed by atoms with Crippen LogP contribution in [0.5, 0.6) is 5.75 Å². The van der Waals surface area contributed by atoms with Crippen LogP contribution in [0.1, 0.15) is 11.3 Å². The number of hydrogen-bond donors (Lipinski definition) is 0. The Balaban J connectivity index is 2.08. The van der Waals surface area contributed by atoms with Crippen LogP contribution in [0.3, 0.4) is 0 Å². The van der Waals surface area contributed by atoms with Crippen molar-refractivity contribution in [3.05, 3.63) is 52.8 Å². The summed E-state index contributed by atoms with van der Waals surface area (Å²) in [4.78, 5) is 3.71. The van der Waals surface area contributed by atoms with Crippen molar-refractivity contribution in [2.24, 2.45) is 0 Å². The lowest BCUT2D eigenvalue weighted by Gasteiger charge is -2.10. The predicted molar refractivity (Wildman–Crippen MR) is 74.6 cm³/mol. The minimum Gasteiger partial charge on any atom is -0.487 e. The highest BCUT2D eigenvalue weighted by Gasteiger charge is 2.31. The molecule has 0 saturated carbocycles. The van der Waals surface area contributed by atoms with Gasteiger partial charge in [0.25, 0.3) is 0 Å². The molecule has 0 unspecified atom stereocenters. The number of benzene rings is 1. The lowest BCUT2D eigenvalue weighted by Crippen LogP contribution is -2.08. The minimum atomic E-state index is -4.45. The van der Waals surface area contributed by atoms with Crippen molar-refractivity contribution in [1.82, 2.24) is 4.98 Å². The molecule has 0 radical (unpaired) electrons. The summed E-state index contributed by atoms with van der Waals surface area (Å²) in [6.45, 7) is 0.0253. The average molecular weight is 318 g/mol. The van der Waals surface area contributed by atoms with Crippen LogP contribution in [-0.2, 0) is 12.8 Å². The Hall–Kier alpha value is -1.53. The first-order valence-electron chi connectivity index (χ1n) is 5.77. The van der Waals surface area contributed by atoms with Gasteiger partial charge in [-0.1, -0.05) is 28.9 Å². The molecular formula is C13H11ClF3NOSi. The molecule has 2 aromatic rings. The topological polar surface area (TPSA) is 22.1 Å². The van der Waals surface area contributed by atoms with E-state index in [4.69, 9.17) is 16.3 Å². The van der Waals surface area contributed by atoms with Gasteiger partial charge in [-0.15, -0.1) is 0 Å². The Kier molecular flexibility index (Phi) is 4.34. The zero-order chi connectivity index (χ0) is 14.8. The van der Waals surface area contributed by atoms with Crippen LogP contribution in [0, 0.1) is 0 Å². The lowest BCUT2D eigenvalue weighted by molar-refractivity contribution is -0.137. The van der Waals surface area contributed by atoms with Crippen LogP contribution in [0.15, 0.2) is 36.5 Å². The number of pyridine rings is 1. The van der Waals surface area contributed by atoms with E-state index in [1.165, 1.54) is 5.19 Å². The first kappa shape index (κ1) is 14.9. The number of aromatic nitrogens is 1. The summed E-state index contributed by atoms with van der Waals surface area (Å²) < 4.78 is 42.8. The number of rotatable bonds is 3. The van der Waals surface area contributed by atoms with Crippen LogP contribution < -0.4 is 9.92 Å². The molecule has 20 heavy (non-hydrogen) atoms. The van der Waals surface area contributed by atoms with Crippen LogP contribution in [0.2, 0.25) is 5.02 Å². The summed E-state index contributed by atoms with van der Waals surface area (Å²) in [6, 6.07) is 8.33. The standard InChI is InChI=1S/C13H11ClF3NOSi/c14-11-5-8(13(15,16)17)6-18-12(11)7-19-9-1-3-10(20)4-2-9/h1-6H,7H2,20H3. The first-order valence-corrected chi connectivity index (χ1v) is 7.15. The van der Waals surface area contributed by atoms with E-state index >= 15 is 0 Å². The molecule has 2 rings (SSSR count). The molecule has 0 N–H and O–H groups in total. The third-order valence-electron chi connectivity index (χ3n) is 2.64. The Morgan fingerprint density at radius 2 is 1.85 bits per heavy atom. The third-order valence-corrected chi connectivity index (χ3v) is 3.64. The van der Waals surface area contributed by atoms with Gasteiger partial charge in [0, 0.05) is 16.4 Å². The van der Waals surface area contributed by atoms with Gasteiger partial charge in [0.1, 0.15) is 12.4 Å². The summed E-state index contributed by atoms with van der Waals surface area (Å²) in [5.74, 6) is 0.627. The predicted octanol–water partition coefficient (Wildman–Crippen LogP) is 2.32. The first-order chi connectivity index (χ1) is 9.36. The maximum Gasteiger partial charge on any atom is 0.417 e. The molecule has 0 aliphatic rings. The normalized spacial score (nSPS) is 11.6. The molecule has 0 fully saturated rings. The van der Waals surface area contributed by atoms with E-state index in [1.54, 1.807) is 12.1 Å². The number of halogens is 4. The molecule has 1 heterocycles. The van der Waals surface area contributed by atoms with Crippen molar-refractivity contribution < 1.29 is 17.9 Å². The maximum atomic E-state index is 12.5. The lowest BCUT2D eigenvalue weighted by atomic mass is 10.2. The van der Waals surface area contributed by atoms with E-state index in [-0.39, 0.29) is 17.3 Å². The van der Waals surface area contributed by atoms with E-state index in [0.29, 0.717) is 5.75 Å². The van der Waals surface area contributed by atoms with Crippen molar-refractivity contribution in [3.8, 4) is 5.75 Å². The van der Waals surface area contributed by atoms with Crippen molar-refractivity contribution >= 4 is 27.0 Å². The van der Waals surface area contributed by atoms with Crippen LogP contribution in [0.4, 0.5) is 13.2 Å². The fraction of sp³-hybridized carbons (Fsp3) is 0.154.